The van der Waals surface area contributed by atoms with E-state index in [2.05, 4.69) is 17.6 Å². The van der Waals surface area contributed by atoms with Crippen LogP contribution in [-0.2, 0) is 4.79 Å². The number of carbonyl (C=O) groups excluding carboxylic acids is 2. The lowest BCUT2D eigenvalue weighted by atomic mass is 9.70. The molecule has 2 N–H and O–H groups in total. The van der Waals surface area contributed by atoms with Gasteiger partial charge in [0.05, 0.1) is 0 Å². The number of fused-ring (bicyclic) bond motifs is 2. The second-order valence-corrected chi connectivity index (χ2v) is 8.06. The molecule has 0 spiro atoms. The van der Waals surface area contributed by atoms with Gasteiger partial charge in [0.2, 0.25) is 5.91 Å². The van der Waals surface area contributed by atoms with Gasteiger partial charge in [-0.25, -0.2) is 4.79 Å². The quantitative estimate of drug-likeness (QED) is 0.796. The third kappa shape index (κ3) is 3.68. The molecule has 2 amide bonds. The van der Waals surface area contributed by atoms with Gasteiger partial charge >= 0.3 is 5.63 Å². The Hall–Kier alpha value is -2.63. The summed E-state index contributed by atoms with van der Waals surface area (Å²) in [6.45, 7) is 2.16. The Morgan fingerprint density at radius 1 is 1.25 bits per heavy atom. The molecule has 2 fully saturated rings. The fraction of sp³-hybridized carbons (Fsp3) is 0.500. The molecule has 1 aliphatic carbocycles. The molecule has 148 valence electrons. The number of hydrogen-bond acceptors (Lipinski definition) is 4. The number of nitrogens with one attached hydrogen (secondary N) is 2. The van der Waals surface area contributed by atoms with E-state index in [-0.39, 0.29) is 23.6 Å². The van der Waals surface area contributed by atoms with Crippen molar-refractivity contribution < 1.29 is 14.0 Å². The second kappa shape index (κ2) is 7.78. The average Bonchev–Trinajstić information content (AvgIpc) is 2.67. The molecule has 1 saturated heterocycles. The zero-order chi connectivity index (χ0) is 19.7. The predicted octanol–water partition coefficient (Wildman–Crippen LogP) is 3.00. The highest BCUT2D eigenvalue weighted by Crippen LogP contribution is 2.37. The molecule has 2 aliphatic rings. The van der Waals surface area contributed by atoms with E-state index in [4.69, 9.17) is 4.42 Å². The maximum absolute atomic E-state index is 12.7. The van der Waals surface area contributed by atoms with Crippen LogP contribution < -0.4 is 16.3 Å². The van der Waals surface area contributed by atoms with Crippen LogP contribution in [0.1, 0.15) is 55.8 Å². The Balaban J connectivity index is 1.47. The van der Waals surface area contributed by atoms with E-state index < -0.39 is 11.5 Å². The van der Waals surface area contributed by atoms with Crippen molar-refractivity contribution in [3.8, 4) is 0 Å². The van der Waals surface area contributed by atoms with Gasteiger partial charge < -0.3 is 15.1 Å². The Morgan fingerprint density at radius 3 is 2.89 bits per heavy atom. The van der Waals surface area contributed by atoms with E-state index in [1.165, 1.54) is 0 Å². The molecule has 2 aromatic rings. The number of amides is 2. The summed E-state index contributed by atoms with van der Waals surface area (Å²) in [5.74, 6) is 0.626. The summed E-state index contributed by atoms with van der Waals surface area (Å²) >= 11 is 0. The Bertz CT molecular complexity index is 951. The first kappa shape index (κ1) is 18.7. The van der Waals surface area contributed by atoms with Crippen LogP contribution in [0, 0.1) is 11.8 Å². The normalized spacial score (nSPS) is 27.1. The maximum atomic E-state index is 12.7. The van der Waals surface area contributed by atoms with Crippen LogP contribution in [0.5, 0.6) is 0 Å². The Labute approximate surface area is 163 Å². The number of piperidine rings is 1. The van der Waals surface area contributed by atoms with Crippen LogP contribution >= 0.6 is 0 Å². The van der Waals surface area contributed by atoms with Crippen molar-refractivity contribution in [3.63, 3.8) is 0 Å². The molecule has 1 aromatic heterocycles. The molecule has 0 bridgehead atoms. The number of hydrogen-bond donors (Lipinski definition) is 2. The number of carbonyl (C=O) groups is 2. The maximum Gasteiger partial charge on any atom is 0.349 e. The topological polar surface area (TPSA) is 88.4 Å². The van der Waals surface area contributed by atoms with Gasteiger partial charge in [-0.05, 0) is 49.7 Å². The number of para-hydroxylation sites is 1. The summed E-state index contributed by atoms with van der Waals surface area (Å²) in [5.41, 5.74) is -0.132. The largest absolute Gasteiger partial charge is 0.422 e. The molecule has 4 rings (SSSR count). The number of benzene rings is 1. The molecule has 1 aliphatic heterocycles. The van der Waals surface area contributed by atoms with E-state index >= 15 is 0 Å². The minimum atomic E-state index is -0.626. The van der Waals surface area contributed by atoms with Crippen LogP contribution in [0.25, 0.3) is 11.0 Å². The molecule has 2 heterocycles. The van der Waals surface area contributed by atoms with E-state index in [1.807, 2.05) is 12.1 Å². The molecule has 28 heavy (non-hydrogen) atoms. The van der Waals surface area contributed by atoms with Gasteiger partial charge in [-0.2, -0.15) is 0 Å². The highest BCUT2D eigenvalue weighted by molar-refractivity contribution is 5.96. The zero-order valence-corrected chi connectivity index (χ0v) is 16.1. The van der Waals surface area contributed by atoms with Gasteiger partial charge in [-0.3, -0.25) is 9.59 Å². The van der Waals surface area contributed by atoms with Crippen molar-refractivity contribution in [1.29, 1.82) is 0 Å². The molecule has 4 unspecified atom stereocenters. The van der Waals surface area contributed by atoms with Crippen molar-refractivity contribution in [2.45, 2.75) is 57.5 Å². The lowest BCUT2D eigenvalue weighted by molar-refractivity contribution is -0.127. The van der Waals surface area contributed by atoms with Gasteiger partial charge in [-0.15, -0.1) is 0 Å². The van der Waals surface area contributed by atoms with Crippen LogP contribution in [0.4, 0.5) is 0 Å². The van der Waals surface area contributed by atoms with Crippen LogP contribution in [0.2, 0.25) is 0 Å². The molecular weight excluding hydrogens is 356 g/mol. The van der Waals surface area contributed by atoms with Gasteiger partial charge in [0, 0.05) is 23.9 Å². The third-order valence-corrected chi connectivity index (χ3v) is 6.18. The summed E-state index contributed by atoms with van der Waals surface area (Å²) in [4.78, 5) is 37.0. The molecule has 1 aromatic carbocycles. The summed E-state index contributed by atoms with van der Waals surface area (Å²) in [6, 6.07) is 8.77. The summed E-state index contributed by atoms with van der Waals surface area (Å²) in [5, 5.41) is 6.82. The van der Waals surface area contributed by atoms with Gasteiger partial charge in [0.1, 0.15) is 11.1 Å². The van der Waals surface area contributed by atoms with Gasteiger partial charge in [0.15, 0.2) is 0 Å². The smallest absolute Gasteiger partial charge is 0.349 e. The molecule has 6 heteroatoms. The van der Waals surface area contributed by atoms with E-state index in [0.717, 1.165) is 31.1 Å². The van der Waals surface area contributed by atoms with Crippen molar-refractivity contribution in [2.24, 2.45) is 11.8 Å². The second-order valence-electron chi connectivity index (χ2n) is 8.06. The fourth-order valence-corrected chi connectivity index (χ4v) is 4.88. The number of rotatable bonds is 4. The molecule has 0 radical (unpaired) electrons. The molecule has 4 atom stereocenters. The van der Waals surface area contributed by atoms with E-state index in [9.17, 15) is 14.4 Å². The van der Waals surface area contributed by atoms with Gasteiger partial charge in [0.25, 0.3) is 5.91 Å². The molecular formula is C22H26N2O4. The van der Waals surface area contributed by atoms with E-state index in [1.54, 1.807) is 18.2 Å². The van der Waals surface area contributed by atoms with Crippen molar-refractivity contribution in [3.05, 3.63) is 46.3 Å². The first-order valence-corrected chi connectivity index (χ1v) is 10.2. The summed E-state index contributed by atoms with van der Waals surface area (Å²) in [6.07, 6.45) is 5.32. The monoisotopic (exact) mass is 382 g/mol. The minimum absolute atomic E-state index is 0.0253. The van der Waals surface area contributed by atoms with Crippen molar-refractivity contribution >= 4 is 22.8 Å². The van der Waals surface area contributed by atoms with Crippen LogP contribution in [-0.4, -0.2) is 23.9 Å². The highest BCUT2D eigenvalue weighted by atomic mass is 16.4. The van der Waals surface area contributed by atoms with Crippen molar-refractivity contribution in [1.82, 2.24) is 10.6 Å². The predicted molar refractivity (Wildman–Crippen MR) is 106 cm³/mol. The third-order valence-electron chi connectivity index (χ3n) is 6.18. The van der Waals surface area contributed by atoms with Crippen LogP contribution in [0.15, 0.2) is 39.5 Å². The first-order chi connectivity index (χ1) is 13.5. The average molecular weight is 382 g/mol. The standard InChI is InChI=1S/C22H26N2O4/c1-2-5-13-11-20(25)24-18-12-15(8-9-16(13)18)23-21(26)17-10-14-6-3-4-7-19(14)28-22(17)27/h3-4,6-7,10,13,15-16,18H,2,5,8-9,11-12H2,1H3,(H,23,26)(H,24,25). The van der Waals surface area contributed by atoms with Crippen LogP contribution in [0.3, 0.4) is 0 Å². The minimum Gasteiger partial charge on any atom is -0.422 e. The van der Waals surface area contributed by atoms with Gasteiger partial charge in [-0.1, -0.05) is 31.5 Å². The molecule has 1 saturated carbocycles. The SMILES string of the molecule is CCCC1CC(=O)NC2CC(NC(=O)c3cc4ccccc4oc3=O)CCC12. The lowest BCUT2D eigenvalue weighted by Gasteiger charge is -2.44. The summed E-state index contributed by atoms with van der Waals surface area (Å²) in [7, 11) is 0. The Morgan fingerprint density at radius 2 is 2.07 bits per heavy atom. The lowest BCUT2D eigenvalue weighted by Crippen LogP contribution is -2.55. The highest BCUT2D eigenvalue weighted by Gasteiger charge is 2.40. The fourth-order valence-electron chi connectivity index (χ4n) is 4.88. The molecule has 6 nitrogen and oxygen atoms in total. The summed E-state index contributed by atoms with van der Waals surface area (Å²) < 4.78 is 5.27. The first-order valence-electron chi connectivity index (χ1n) is 10.2. The van der Waals surface area contributed by atoms with Crippen molar-refractivity contribution in [2.75, 3.05) is 0 Å². The van der Waals surface area contributed by atoms with E-state index in [0.29, 0.717) is 30.3 Å². The zero-order valence-electron chi connectivity index (χ0n) is 16.1. The Kier molecular flexibility index (Phi) is 5.20.